The summed E-state index contributed by atoms with van der Waals surface area (Å²) in [5.41, 5.74) is 0. The molecule has 0 aliphatic carbocycles. The highest BCUT2D eigenvalue weighted by Crippen LogP contribution is 2.37. The van der Waals surface area contributed by atoms with Crippen molar-refractivity contribution in [1.82, 2.24) is 0 Å². The van der Waals surface area contributed by atoms with E-state index in [-0.39, 0.29) is 0 Å². The Morgan fingerprint density at radius 1 is 1.07 bits per heavy atom. The number of thioether (sulfide) groups is 1. The van der Waals surface area contributed by atoms with E-state index in [1.165, 1.54) is 5.39 Å². The molecule has 0 saturated carbocycles. The average molecular weight is 218 g/mol. The first-order valence-electron chi connectivity index (χ1n) is 5.06. The predicted molar refractivity (Wildman–Crippen MR) is 66.6 cm³/mol. The highest BCUT2D eigenvalue weighted by atomic mass is 32.2. The normalized spacial score (nSPS) is 11.1. The van der Waals surface area contributed by atoms with Crippen molar-refractivity contribution in [3.8, 4) is 5.75 Å². The molecule has 2 heteroatoms. The molecule has 1 nitrogen and oxygen atoms in total. The van der Waals surface area contributed by atoms with Crippen LogP contribution in [0.25, 0.3) is 10.8 Å². The van der Waals surface area contributed by atoms with E-state index in [0.717, 1.165) is 10.3 Å². The highest BCUT2D eigenvalue weighted by Gasteiger charge is 2.08. The van der Waals surface area contributed by atoms with Gasteiger partial charge in [-0.15, -0.1) is 11.8 Å². The van der Waals surface area contributed by atoms with Crippen LogP contribution in [0.1, 0.15) is 13.8 Å². The van der Waals surface area contributed by atoms with E-state index in [2.05, 4.69) is 26.0 Å². The van der Waals surface area contributed by atoms with Crippen LogP contribution >= 0.6 is 11.8 Å². The second-order valence-corrected chi connectivity index (χ2v) is 5.39. The lowest BCUT2D eigenvalue weighted by molar-refractivity contribution is 0.464. The predicted octanol–water partition coefficient (Wildman–Crippen LogP) is 4.05. The van der Waals surface area contributed by atoms with E-state index in [4.69, 9.17) is 0 Å². The Hall–Kier alpha value is -1.15. The first-order chi connectivity index (χ1) is 7.18. The SMILES string of the molecule is CC(C)Sc1c(O)ccc2ccccc12. The molecule has 0 aliphatic heterocycles. The molecule has 0 fully saturated rings. The third kappa shape index (κ3) is 2.10. The number of aromatic hydroxyl groups is 1. The molecule has 0 aromatic heterocycles. The van der Waals surface area contributed by atoms with Crippen molar-refractivity contribution in [2.45, 2.75) is 24.0 Å². The Kier molecular flexibility index (Phi) is 2.87. The summed E-state index contributed by atoms with van der Waals surface area (Å²) < 4.78 is 0. The zero-order valence-corrected chi connectivity index (χ0v) is 9.71. The van der Waals surface area contributed by atoms with E-state index in [9.17, 15) is 5.11 Å². The smallest absolute Gasteiger partial charge is 0.129 e. The molecule has 2 rings (SSSR count). The highest BCUT2D eigenvalue weighted by molar-refractivity contribution is 8.00. The Morgan fingerprint density at radius 3 is 2.53 bits per heavy atom. The van der Waals surface area contributed by atoms with Crippen molar-refractivity contribution < 1.29 is 5.11 Å². The maximum atomic E-state index is 9.84. The average Bonchev–Trinajstić information content (AvgIpc) is 2.22. The van der Waals surface area contributed by atoms with Gasteiger partial charge in [-0.05, 0) is 16.8 Å². The van der Waals surface area contributed by atoms with Gasteiger partial charge in [-0.3, -0.25) is 0 Å². The van der Waals surface area contributed by atoms with E-state index in [1.54, 1.807) is 17.8 Å². The van der Waals surface area contributed by atoms with Gasteiger partial charge in [0.1, 0.15) is 5.75 Å². The van der Waals surface area contributed by atoms with Crippen LogP contribution in [-0.2, 0) is 0 Å². The maximum absolute atomic E-state index is 9.84. The quantitative estimate of drug-likeness (QED) is 0.767. The van der Waals surface area contributed by atoms with Crippen LogP contribution in [0, 0.1) is 0 Å². The molecule has 2 aromatic rings. The minimum Gasteiger partial charge on any atom is -0.507 e. The molecule has 0 spiro atoms. The summed E-state index contributed by atoms with van der Waals surface area (Å²) in [7, 11) is 0. The second kappa shape index (κ2) is 4.15. The van der Waals surface area contributed by atoms with E-state index in [0.29, 0.717) is 11.0 Å². The summed E-state index contributed by atoms with van der Waals surface area (Å²) in [5, 5.41) is 12.6. The number of hydrogen-bond acceptors (Lipinski definition) is 2. The summed E-state index contributed by atoms with van der Waals surface area (Å²) in [6.45, 7) is 4.26. The topological polar surface area (TPSA) is 20.2 Å². The lowest BCUT2D eigenvalue weighted by atomic mass is 10.1. The fourth-order valence-corrected chi connectivity index (χ4v) is 2.56. The van der Waals surface area contributed by atoms with Gasteiger partial charge in [0.05, 0.1) is 4.90 Å². The molecule has 0 saturated heterocycles. The summed E-state index contributed by atoms with van der Waals surface area (Å²) in [5.74, 6) is 0.382. The summed E-state index contributed by atoms with van der Waals surface area (Å²) in [6.07, 6.45) is 0. The third-order valence-electron chi connectivity index (χ3n) is 2.21. The minimum atomic E-state index is 0.382. The second-order valence-electron chi connectivity index (χ2n) is 3.80. The number of phenols is 1. The summed E-state index contributed by atoms with van der Waals surface area (Å²) in [6, 6.07) is 11.9. The number of rotatable bonds is 2. The third-order valence-corrected chi connectivity index (χ3v) is 3.35. The van der Waals surface area contributed by atoms with Gasteiger partial charge in [0.2, 0.25) is 0 Å². The minimum absolute atomic E-state index is 0.382. The molecule has 0 amide bonds. The lowest BCUT2D eigenvalue weighted by Crippen LogP contribution is -1.87. The molecule has 78 valence electrons. The zero-order chi connectivity index (χ0) is 10.8. The molecule has 0 bridgehead atoms. The fourth-order valence-electron chi connectivity index (χ4n) is 1.59. The molecular formula is C13H14OS. The monoisotopic (exact) mass is 218 g/mol. The van der Waals surface area contributed by atoms with Gasteiger partial charge in [0.15, 0.2) is 0 Å². The first kappa shape index (κ1) is 10.4. The fraction of sp³-hybridized carbons (Fsp3) is 0.231. The zero-order valence-electron chi connectivity index (χ0n) is 8.90. The molecule has 0 atom stereocenters. The van der Waals surface area contributed by atoms with Crippen molar-refractivity contribution >= 4 is 22.5 Å². The van der Waals surface area contributed by atoms with Gasteiger partial charge in [-0.2, -0.15) is 0 Å². The van der Waals surface area contributed by atoms with E-state index in [1.807, 2.05) is 18.2 Å². The van der Waals surface area contributed by atoms with Crippen molar-refractivity contribution in [2.24, 2.45) is 0 Å². The van der Waals surface area contributed by atoms with Crippen molar-refractivity contribution in [1.29, 1.82) is 0 Å². The van der Waals surface area contributed by atoms with Crippen LogP contribution in [-0.4, -0.2) is 10.4 Å². The molecule has 0 heterocycles. The molecule has 15 heavy (non-hydrogen) atoms. The summed E-state index contributed by atoms with van der Waals surface area (Å²) in [4.78, 5) is 0.989. The van der Waals surface area contributed by atoms with Gasteiger partial charge in [-0.25, -0.2) is 0 Å². The molecule has 1 N–H and O–H groups in total. The van der Waals surface area contributed by atoms with Crippen molar-refractivity contribution in [2.75, 3.05) is 0 Å². The standard InChI is InChI=1S/C13H14OS/c1-9(2)15-13-11-6-4-3-5-10(11)7-8-12(13)14/h3-9,14H,1-2H3. The van der Waals surface area contributed by atoms with Crippen molar-refractivity contribution in [3.05, 3.63) is 36.4 Å². The first-order valence-corrected chi connectivity index (χ1v) is 5.94. The van der Waals surface area contributed by atoms with E-state index >= 15 is 0 Å². The van der Waals surface area contributed by atoms with Crippen LogP contribution < -0.4 is 0 Å². The van der Waals surface area contributed by atoms with Crippen molar-refractivity contribution in [3.63, 3.8) is 0 Å². The largest absolute Gasteiger partial charge is 0.507 e. The number of hydrogen-bond donors (Lipinski definition) is 1. The Morgan fingerprint density at radius 2 is 1.80 bits per heavy atom. The van der Waals surface area contributed by atoms with Gasteiger partial charge >= 0.3 is 0 Å². The summed E-state index contributed by atoms with van der Waals surface area (Å²) >= 11 is 1.70. The molecule has 0 radical (unpaired) electrons. The Labute approximate surface area is 94.1 Å². The van der Waals surface area contributed by atoms with Gasteiger partial charge < -0.3 is 5.11 Å². The van der Waals surface area contributed by atoms with Crippen LogP contribution in [0.3, 0.4) is 0 Å². The van der Waals surface area contributed by atoms with Crippen LogP contribution in [0.4, 0.5) is 0 Å². The van der Waals surface area contributed by atoms with E-state index < -0.39 is 0 Å². The molecule has 2 aromatic carbocycles. The number of fused-ring (bicyclic) bond motifs is 1. The van der Waals surface area contributed by atoms with Crippen LogP contribution in [0.5, 0.6) is 5.75 Å². The molecule has 0 unspecified atom stereocenters. The van der Waals surface area contributed by atoms with Gasteiger partial charge in [0.25, 0.3) is 0 Å². The lowest BCUT2D eigenvalue weighted by Gasteiger charge is -2.10. The van der Waals surface area contributed by atoms with Gasteiger partial charge in [0, 0.05) is 5.25 Å². The molecular weight excluding hydrogens is 204 g/mol. The van der Waals surface area contributed by atoms with Gasteiger partial charge in [-0.1, -0.05) is 44.2 Å². The Balaban J connectivity index is 2.63. The Bertz CT molecular complexity index is 477. The van der Waals surface area contributed by atoms with Crippen LogP contribution in [0.2, 0.25) is 0 Å². The maximum Gasteiger partial charge on any atom is 0.129 e. The molecule has 0 aliphatic rings. The number of benzene rings is 2. The number of phenolic OH excluding ortho intramolecular Hbond substituents is 1. The van der Waals surface area contributed by atoms with Crippen LogP contribution in [0.15, 0.2) is 41.3 Å².